The molecule has 1 aromatic rings. The summed E-state index contributed by atoms with van der Waals surface area (Å²) >= 11 is 3.52. The molecule has 1 N–H and O–H groups in total. The molecule has 0 spiro atoms. The second-order valence-corrected chi connectivity index (χ2v) is 5.57. The number of benzene rings is 1. The molecule has 2 nitrogen and oxygen atoms in total. The Hall–Kier alpha value is -0.540. The van der Waals surface area contributed by atoms with Crippen LogP contribution in [0.1, 0.15) is 29.5 Å². The van der Waals surface area contributed by atoms with Gasteiger partial charge in [0.25, 0.3) is 0 Å². The number of methoxy groups -OCH3 is 1. The summed E-state index contributed by atoms with van der Waals surface area (Å²) in [5.74, 6) is 0.909. The van der Waals surface area contributed by atoms with E-state index >= 15 is 0 Å². The second kappa shape index (κ2) is 4.04. The van der Waals surface area contributed by atoms with E-state index in [0.717, 1.165) is 34.2 Å². The Morgan fingerprint density at radius 3 is 2.56 bits per heavy atom. The van der Waals surface area contributed by atoms with Crippen LogP contribution in [0.5, 0.6) is 5.75 Å². The van der Waals surface area contributed by atoms with Gasteiger partial charge in [-0.15, -0.1) is 0 Å². The Kier molecular flexibility index (Phi) is 3.01. The van der Waals surface area contributed by atoms with Gasteiger partial charge in [0.1, 0.15) is 5.75 Å². The van der Waals surface area contributed by atoms with Crippen molar-refractivity contribution in [2.45, 2.75) is 38.7 Å². The lowest BCUT2D eigenvalue weighted by Gasteiger charge is -2.18. The fourth-order valence-corrected chi connectivity index (χ4v) is 2.57. The van der Waals surface area contributed by atoms with Gasteiger partial charge in [-0.3, -0.25) is 0 Å². The molecule has 0 aromatic heterocycles. The van der Waals surface area contributed by atoms with Crippen LogP contribution < -0.4 is 4.74 Å². The third kappa shape index (κ3) is 2.11. The van der Waals surface area contributed by atoms with E-state index in [1.54, 1.807) is 7.11 Å². The Morgan fingerprint density at radius 1 is 1.44 bits per heavy atom. The Morgan fingerprint density at radius 2 is 2.06 bits per heavy atom. The highest BCUT2D eigenvalue weighted by Crippen LogP contribution is 2.42. The zero-order valence-electron chi connectivity index (χ0n) is 9.93. The molecule has 2 rings (SSSR count). The first kappa shape index (κ1) is 11.9. The summed E-state index contributed by atoms with van der Waals surface area (Å²) in [6, 6.07) is 2.10. The summed E-state index contributed by atoms with van der Waals surface area (Å²) in [5.41, 5.74) is 2.95. The van der Waals surface area contributed by atoms with Gasteiger partial charge in [-0.25, -0.2) is 0 Å². The molecule has 0 radical (unpaired) electrons. The zero-order chi connectivity index (χ0) is 11.9. The van der Waals surface area contributed by atoms with Crippen LogP contribution in [-0.4, -0.2) is 17.8 Å². The molecule has 0 atom stereocenters. The smallest absolute Gasteiger partial charge is 0.126 e. The van der Waals surface area contributed by atoms with Gasteiger partial charge < -0.3 is 9.84 Å². The van der Waals surface area contributed by atoms with Gasteiger partial charge in [0.2, 0.25) is 0 Å². The molecule has 0 aliphatic heterocycles. The van der Waals surface area contributed by atoms with E-state index in [1.807, 2.05) is 6.92 Å². The molecular formula is C13H17BrO2. The van der Waals surface area contributed by atoms with Crippen LogP contribution in [0.3, 0.4) is 0 Å². The van der Waals surface area contributed by atoms with Crippen LogP contribution in [0.15, 0.2) is 10.5 Å². The molecule has 16 heavy (non-hydrogen) atoms. The van der Waals surface area contributed by atoms with Crippen molar-refractivity contribution in [3.63, 3.8) is 0 Å². The number of ether oxygens (including phenoxy) is 1. The van der Waals surface area contributed by atoms with E-state index in [4.69, 9.17) is 4.74 Å². The lowest BCUT2D eigenvalue weighted by Crippen LogP contribution is -2.13. The van der Waals surface area contributed by atoms with Gasteiger partial charge in [0.15, 0.2) is 0 Å². The number of rotatable bonds is 3. The molecule has 1 aliphatic rings. The molecule has 1 aromatic carbocycles. The van der Waals surface area contributed by atoms with Crippen LogP contribution in [-0.2, 0) is 6.42 Å². The molecule has 0 heterocycles. The minimum Gasteiger partial charge on any atom is -0.496 e. The Balaban J connectivity index is 2.45. The predicted molar refractivity (Wildman–Crippen MR) is 68.1 cm³/mol. The number of hydrogen-bond donors (Lipinski definition) is 1. The average molecular weight is 285 g/mol. The van der Waals surface area contributed by atoms with Crippen molar-refractivity contribution in [2.24, 2.45) is 0 Å². The van der Waals surface area contributed by atoms with Gasteiger partial charge in [0, 0.05) is 22.0 Å². The van der Waals surface area contributed by atoms with Crippen molar-refractivity contribution in [1.29, 1.82) is 0 Å². The maximum atomic E-state index is 10.0. The van der Waals surface area contributed by atoms with E-state index in [2.05, 4.69) is 28.9 Å². The topological polar surface area (TPSA) is 29.5 Å². The molecule has 0 saturated heterocycles. The van der Waals surface area contributed by atoms with Gasteiger partial charge in [-0.05, 0) is 38.3 Å². The van der Waals surface area contributed by atoms with Crippen molar-refractivity contribution >= 4 is 15.9 Å². The first-order valence-corrected chi connectivity index (χ1v) is 6.31. The van der Waals surface area contributed by atoms with Crippen molar-refractivity contribution < 1.29 is 9.84 Å². The zero-order valence-corrected chi connectivity index (χ0v) is 11.5. The summed E-state index contributed by atoms with van der Waals surface area (Å²) in [5, 5.41) is 10.0. The van der Waals surface area contributed by atoms with Crippen molar-refractivity contribution in [1.82, 2.24) is 0 Å². The standard InChI is InChI=1S/C13H17BrO2/c1-8-6-11(14)9(2)12(16-3)10(8)7-13(15)4-5-13/h6,15H,4-5,7H2,1-3H3. The maximum absolute atomic E-state index is 10.0. The summed E-state index contributed by atoms with van der Waals surface area (Å²) in [6.07, 6.45) is 2.52. The molecule has 0 amide bonds. The highest BCUT2D eigenvalue weighted by molar-refractivity contribution is 9.10. The largest absolute Gasteiger partial charge is 0.496 e. The van der Waals surface area contributed by atoms with E-state index in [1.165, 1.54) is 5.56 Å². The fourth-order valence-electron chi connectivity index (χ4n) is 2.05. The molecule has 3 heteroatoms. The van der Waals surface area contributed by atoms with E-state index in [0.29, 0.717) is 6.42 Å². The lowest BCUT2D eigenvalue weighted by molar-refractivity contribution is 0.149. The van der Waals surface area contributed by atoms with Crippen molar-refractivity contribution in [3.8, 4) is 5.75 Å². The lowest BCUT2D eigenvalue weighted by atomic mass is 9.97. The molecule has 0 unspecified atom stereocenters. The first-order chi connectivity index (χ1) is 7.47. The number of hydrogen-bond acceptors (Lipinski definition) is 2. The average Bonchev–Trinajstić information content (AvgIpc) is 2.94. The number of aliphatic hydroxyl groups is 1. The Labute approximate surface area is 105 Å². The SMILES string of the molecule is COc1c(C)c(Br)cc(C)c1CC1(O)CC1. The highest BCUT2D eigenvalue weighted by Gasteiger charge is 2.41. The van der Waals surface area contributed by atoms with Crippen LogP contribution >= 0.6 is 15.9 Å². The molecule has 1 saturated carbocycles. The Bertz CT molecular complexity index is 422. The van der Waals surface area contributed by atoms with Crippen LogP contribution in [0.25, 0.3) is 0 Å². The van der Waals surface area contributed by atoms with E-state index in [9.17, 15) is 5.11 Å². The number of halogens is 1. The number of aryl methyl sites for hydroxylation is 1. The van der Waals surface area contributed by atoms with Gasteiger partial charge in [-0.1, -0.05) is 15.9 Å². The van der Waals surface area contributed by atoms with Crippen LogP contribution in [0.2, 0.25) is 0 Å². The summed E-state index contributed by atoms with van der Waals surface area (Å²) in [6.45, 7) is 4.09. The van der Waals surface area contributed by atoms with Gasteiger partial charge in [-0.2, -0.15) is 0 Å². The van der Waals surface area contributed by atoms with Crippen LogP contribution in [0.4, 0.5) is 0 Å². The summed E-state index contributed by atoms with van der Waals surface area (Å²) in [7, 11) is 1.69. The monoisotopic (exact) mass is 284 g/mol. The summed E-state index contributed by atoms with van der Waals surface area (Å²) in [4.78, 5) is 0. The predicted octanol–water partition coefficient (Wildman–Crippen LogP) is 3.14. The minimum absolute atomic E-state index is 0.474. The van der Waals surface area contributed by atoms with Gasteiger partial charge in [0.05, 0.1) is 12.7 Å². The third-order valence-corrected chi connectivity index (χ3v) is 4.15. The second-order valence-electron chi connectivity index (χ2n) is 4.71. The van der Waals surface area contributed by atoms with Gasteiger partial charge >= 0.3 is 0 Å². The van der Waals surface area contributed by atoms with Crippen molar-refractivity contribution in [2.75, 3.05) is 7.11 Å². The molecule has 0 bridgehead atoms. The molecular weight excluding hydrogens is 268 g/mol. The minimum atomic E-state index is -0.474. The molecule has 1 fully saturated rings. The van der Waals surface area contributed by atoms with Crippen molar-refractivity contribution in [3.05, 3.63) is 27.2 Å². The first-order valence-electron chi connectivity index (χ1n) is 5.52. The summed E-state index contributed by atoms with van der Waals surface area (Å²) < 4.78 is 6.53. The normalized spacial score (nSPS) is 17.3. The third-order valence-electron chi connectivity index (χ3n) is 3.33. The maximum Gasteiger partial charge on any atom is 0.126 e. The highest BCUT2D eigenvalue weighted by atomic mass is 79.9. The molecule has 88 valence electrons. The fraction of sp³-hybridized carbons (Fsp3) is 0.538. The van der Waals surface area contributed by atoms with Crippen LogP contribution in [0, 0.1) is 13.8 Å². The van der Waals surface area contributed by atoms with E-state index in [-0.39, 0.29) is 0 Å². The quantitative estimate of drug-likeness (QED) is 0.924. The molecule has 1 aliphatic carbocycles. The van der Waals surface area contributed by atoms with E-state index < -0.39 is 5.60 Å².